The van der Waals surface area contributed by atoms with Gasteiger partial charge in [-0.1, -0.05) is 43.5 Å². The molecule has 0 bridgehead atoms. The molecule has 1 amide bonds. The van der Waals surface area contributed by atoms with E-state index in [4.69, 9.17) is 11.5 Å². The summed E-state index contributed by atoms with van der Waals surface area (Å²) >= 11 is 0. The highest BCUT2D eigenvalue weighted by molar-refractivity contribution is 7.89. The first kappa shape index (κ1) is 26.7. The lowest BCUT2D eigenvalue weighted by Crippen LogP contribution is -2.47. The number of nitrogens with zero attached hydrogens (tertiary/aromatic N) is 2. The van der Waals surface area contributed by atoms with Crippen LogP contribution in [0.25, 0.3) is 10.8 Å². The van der Waals surface area contributed by atoms with E-state index in [1.54, 1.807) is 18.2 Å². The fourth-order valence-corrected chi connectivity index (χ4v) is 6.10. The maximum atomic E-state index is 13.5. The minimum Gasteiger partial charge on any atom is -0.377 e. The molecule has 35 heavy (non-hydrogen) atoms. The number of nitrogens with two attached hydrogens (primary N) is 2. The highest BCUT2D eigenvalue weighted by Gasteiger charge is 2.27. The molecule has 3 rings (SSSR count). The normalized spacial score (nSPS) is 15.5. The average molecular weight is 503 g/mol. The predicted molar refractivity (Wildman–Crippen MR) is 142 cm³/mol. The standard InChI is InChI=1S/C25H38N6O3S/c1-31(2)22-14-6-12-20-19(22)11-7-15-23(20)35(33,34)30-21(13-8-16-28-25(26)27)24(32)29-17-18-9-4-3-5-10-18/h6-7,11-12,14-15,18,21,30H,3-5,8-10,13,16-17H2,1-2H3,(H,29,32)(H4,26,27,28). The number of benzene rings is 2. The number of anilines is 1. The Kier molecular flexibility index (Phi) is 9.33. The van der Waals surface area contributed by atoms with Gasteiger partial charge in [0.1, 0.15) is 6.04 Å². The van der Waals surface area contributed by atoms with Crippen molar-refractivity contribution >= 4 is 38.3 Å². The molecule has 192 valence electrons. The van der Waals surface area contributed by atoms with Crippen molar-refractivity contribution in [1.29, 1.82) is 0 Å². The number of nitrogens with one attached hydrogen (secondary N) is 2. The van der Waals surface area contributed by atoms with Crippen LogP contribution in [0.1, 0.15) is 44.9 Å². The molecule has 2 aromatic carbocycles. The summed E-state index contributed by atoms with van der Waals surface area (Å²) in [5.41, 5.74) is 11.7. The van der Waals surface area contributed by atoms with Crippen LogP contribution in [0.4, 0.5) is 5.69 Å². The van der Waals surface area contributed by atoms with Crippen LogP contribution in [0, 0.1) is 5.92 Å². The molecule has 0 spiro atoms. The van der Waals surface area contributed by atoms with E-state index >= 15 is 0 Å². The lowest BCUT2D eigenvalue weighted by atomic mass is 9.89. The predicted octanol–water partition coefficient (Wildman–Crippen LogP) is 2.30. The molecule has 1 saturated carbocycles. The van der Waals surface area contributed by atoms with Crippen LogP contribution < -0.4 is 26.4 Å². The minimum atomic E-state index is -3.98. The molecule has 0 heterocycles. The number of carbonyl (C=O) groups excluding carboxylic acids is 1. The van der Waals surface area contributed by atoms with Crippen LogP contribution >= 0.6 is 0 Å². The van der Waals surface area contributed by atoms with E-state index in [0.29, 0.717) is 30.8 Å². The number of amides is 1. The maximum absolute atomic E-state index is 13.5. The Morgan fingerprint density at radius 2 is 1.77 bits per heavy atom. The molecule has 0 aromatic heterocycles. The third-order valence-electron chi connectivity index (χ3n) is 6.48. The van der Waals surface area contributed by atoms with E-state index in [2.05, 4.69) is 15.0 Å². The number of fused-ring (bicyclic) bond motifs is 1. The van der Waals surface area contributed by atoms with Gasteiger partial charge >= 0.3 is 0 Å². The van der Waals surface area contributed by atoms with Crippen LogP contribution in [0.3, 0.4) is 0 Å². The molecule has 0 radical (unpaired) electrons. The summed E-state index contributed by atoms with van der Waals surface area (Å²) in [6.07, 6.45) is 6.49. The third kappa shape index (κ3) is 7.32. The first-order chi connectivity index (χ1) is 16.7. The molecular weight excluding hydrogens is 464 g/mol. The van der Waals surface area contributed by atoms with Crippen molar-refractivity contribution in [3.8, 4) is 0 Å². The summed E-state index contributed by atoms with van der Waals surface area (Å²) in [6, 6.07) is 9.82. The zero-order valence-electron chi connectivity index (χ0n) is 20.7. The number of hydrogen-bond donors (Lipinski definition) is 4. The molecule has 9 nitrogen and oxygen atoms in total. The molecular formula is C25H38N6O3S. The van der Waals surface area contributed by atoms with E-state index in [-0.39, 0.29) is 23.2 Å². The fraction of sp³-hybridized carbons (Fsp3) is 0.520. The Labute approximate surface area is 208 Å². The van der Waals surface area contributed by atoms with Crippen molar-refractivity contribution in [2.75, 3.05) is 32.1 Å². The molecule has 2 aromatic rings. The minimum absolute atomic E-state index is 0.0312. The van der Waals surface area contributed by atoms with Gasteiger partial charge in [-0.3, -0.25) is 9.79 Å². The molecule has 6 N–H and O–H groups in total. The second-order valence-electron chi connectivity index (χ2n) is 9.39. The summed E-state index contributed by atoms with van der Waals surface area (Å²) in [6.45, 7) is 0.877. The first-order valence-corrected chi connectivity index (χ1v) is 13.7. The summed E-state index contributed by atoms with van der Waals surface area (Å²) in [5.74, 6) is 0.0866. The third-order valence-corrected chi connectivity index (χ3v) is 8.01. The Bertz CT molecular complexity index is 1140. The average Bonchev–Trinajstić information content (AvgIpc) is 2.84. The zero-order valence-corrected chi connectivity index (χ0v) is 21.5. The van der Waals surface area contributed by atoms with E-state index in [9.17, 15) is 13.2 Å². The van der Waals surface area contributed by atoms with Crippen LogP contribution in [0.5, 0.6) is 0 Å². The summed E-state index contributed by atoms with van der Waals surface area (Å²) in [4.78, 5) is 19.1. The number of hydrogen-bond acceptors (Lipinski definition) is 5. The van der Waals surface area contributed by atoms with Gasteiger partial charge in [0.15, 0.2) is 5.96 Å². The summed E-state index contributed by atoms with van der Waals surface area (Å²) in [5, 5.41) is 4.41. The topological polar surface area (TPSA) is 143 Å². The maximum Gasteiger partial charge on any atom is 0.241 e. The van der Waals surface area contributed by atoms with E-state index in [1.807, 2.05) is 37.2 Å². The van der Waals surface area contributed by atoms with Crippen LogP contribution in [0.2, 0.25) is 0 Å². The number of guanidine groups is 1. The van der Waals surface area contributed by atoms with Crippen molar-refractivity contribution in [2.45, 2.75) is 55.9 Å². The van der Waals surface area contributed by atoms with E-state index in [0.717, 1.165) is 23.9 Å². The molecule has 0 saturated heterocycles. The van der Waals surface area contributed by atoms with Crippen molar-refractivity contribution in [1.82, 2.24) is 10.0 Å². The second kappa shape index (κ2) is 12.2. The Morgan fingerprint density at radius 1 is 1.09 bits per heavy atom. The van der Waals surface area contributed by atoms with Gasteiger partial charge in [-0.05, 0) is 43.7 Å². The van der Waals surface area contributed by atoms with Gasteiger partial charge in [0.05, 0.1) is 4.90 Å². The number of carbonyl (C=O) groups is 1. The van der Waals surface area contributed by atoms with Gasteiger partial charge in [0, 0.05) is 43.6 Å². The quantitative estimate of drug-likeness (QED) is 0.211. The van der Waals surface area contributed by atoms with Gasteiger partial charge in [-0.25, -0.2) is 8.42 Å². The molecule has 0 aliphatic heterocycles. The lowest BCUT2D eigenvalue weighted by Gasteiger charge is -2.24. The Hall–Kier alpha value is -2.85. The monoisotopic (exact) mass is 502 g/mol. The molecule has 1 aliphatic carbocycles. The lowest BCUT2D eigenvalue weighted by molar-refractivity contribution is -0.123. The highest BCUT2D eigenvalue weighted by atomic mass is 32.2. The largest absolute Gasteiger partial charge is 0.377 e. The Balaban J connectivity index is 1.82. The Morgan fingerprint density at radius 3 is 2.46 bits per heavy atom. The molecule has 1 fully saturated rings. The van der Waals surface area contributed by atoms with Gasteiger partial charge in [0.2, 0.25) is 15.9 Å². The highest BCUT2D eigenvalue weighted by Crippen LogP contribution is 2.30. The van der Waals surface area contributed by atoms with Crippen molar-refractivity contribution < 1.29 is 13.2 Å². The first-order valence-electron chi connectivity index (χ1n) is 12.2. The second-order valence-corrected chi connectivity index (χ2v) is 11.1. The zero-order chi connectivity index (χ0) is 25.4. The number of rotatable bonds is 11. The van der Waals surface area contributed by atoms with Gasteiger partial charge in [0.25, 0.3) is 0 Å². The van der Waals surface area contributed by atoms with Crippen molar-refractivity contribution in [3.63, 3.8) is 0 Å². The van der Waals surface area contributed by atoms with Gasteiger partial charge < -0.3 is 21.7 Å². The molecule has 10 heteroatoms. The van der Waals surface area contributed by atoms with Gasteiger partial charge in [-0.2, -0.15) is 4.72 Å². The van der Waals surface area contributed by atoms with Crippen LogP contribution in [0.15, 0.2) is 46.3 Å². The molecule has 1 atom stereocenters. The number of aliphatic imine (C=N–C) groups is 1. The summed E-state index contributed by atoms with van der Waals surface area (Å²) < 4.78 is 29.7. The summed E-state index contributed by atoms with van der Waals surface area (Å²) in [7, 11) is -0.156. The van der Waals surface area contributed by atoms with E-state index in [1.165, 1.54) is 19.3 Å². The SMILES string of the molecule is CN(C)c1cccc2c(S(=O)(=O)NC(CCCN=C(N)N)C(=O)NCC3CCCCC3)cccc12. The fourth-order valence-electron chi connectivity index (χ4n) is 4.65. The van der Waals surface area contributed by atoms with E-state index < -0.39 is 16.1 Å². The van der Waals surface area contributed by atoms with Crippen LogP contribution in [-0.4, -0.2) is 53.5 Å². The van der Waals surface area contributed by atoms with Gasteiger partial charge in [-0.15, -0.1) is 0 Å². The number of sulfonamides is 1. The molecule has 1 aliphatic rings. The van der Waals surface area contributed by atoms with Crippen molar-refractivity contribution in [2.24, 2.45) is 22.4 Å². The molecule has 1 unspecified atom stereocenters. The smallest absolute Gasteiger partial charge is 0.241 e. The van der Waals surface area contributed by atoms with Crippen LogP contribution in [-0.2, 0) is 14.8 Å². The van der Waals surface area contributed by atoms with Crippen molar-refractivity contribution in [3.05, 3.63) is 36.4 Å².